The number of nitrogens with zero attached hydrogens (tertiary/aromatic N) is 2. The van der Waals surface area contributed by atoms with Crippen LogP contribution in [0.2, 0.25) is 5.02 Å². The van der Waals surface area contributed by atoms with Gasteiger partial charge in [0.1, 0.15) is 18.8 Å². The summed E-state index contributed by atoms with van der Waals surface area (Å²) >= 11 is 18.6. The van der Waals surface area contributed by atoms with Crippen LogP contribution in [0.3, 0.4) is 0 Å². The molecule has 3 aromatic carbocycles. The van der Waals surface area contributed by atoms with Gasteiger partial charge in [-0.3, -0.25) is 14.5 Å². The van der Waals surface area contributed by atoms with Gasteiger partial charge in [-0.15, -0.1) is 0 Å². The fourth-order valence-corrected chi connectivity index (χ4v) is 5.02. The van der Waals surface area contributed by atoms with E-state index in [4.69, 9.17) is 38.0 Å². The molecule has 0 radical (unpaired) electrons. The number of anilines is 1. The second kappa shape index (κ2) is 12.3. The number of carbonyl (C=O) groups excluding carboxylic acids is 2. The van der Waals surface area contributed by atoms with Crippen molar-refractivity contribution in [1.82, 2.24) is 4.90 Å². The summed E-state index contributed by atoms with van der Waals surface area (Å²) in [4.78, 5) is 28.5. The summed E-state index contributed by atoms with van der Waals surface area (Å²) in [5.41, 5.74) is 2.34. The molecular weight excluding hydrogens is 660 g/mol. The quantitative estimate of drug-likeness (QED) is 0.151. The minimum Gasteiger partial charge on any atom is -0.493 e. The maximum atomic E-state index is 13.5. The van der Waals surface area contributed by atoms with Gasteiger partial charge in [-0.1, -0.05) is 39.7 Å². The molecule has 0 saturated carbocycles. The Balaban J connectivity index is 1.68. The second-order valence-corrected chi connectivity index (χ2v) is 10.6. The van der Waals surface area contributed by atoms with Gasteiger partial charge in [-0.05, 0) is 93.9 Å². The highest BCUT2D eigenvalue weighted by Gasteiger charge is 2.40. The van der Waals surface area contributed by atoms with E-state index < -0.39 is 11.9 Å². The normalized spacial score (nSPS) is 14.3. The molecule has 0 atom stereocenters. The number of amides is 1. The summed E-state index contributed by atoms with van der Waals surface area (Å²) in [6, 6.07) is 18.0. The van der Waals surface area contributed by atoms with Crippen molar-refractivity contribution in [3.8, 4) is 11.5 Å². The third-order valence-corrected chi connectivity index (χ3v) is 7.36. The van der Waals surface area contributed by atoms with Gasteiger partial charge in [0.15, 0.2) is 16.6 Å². The van der Waals surface area contributed by atoms with Gasteiger partial charge in [-0.25, -0.2) is 0 Å². The van der Waals surface area contributed by atoms with Crippen LogP contribution in [0.15, 0.2) is 75.3 Å². The Labute approximate surface area is 247 Å². The average molecular weight is 681 g/mol. The monoisotopic (exact) mass is 678 g/mol. The van der Waals surface area contributed by atoms with E-state index in [0.29, 0.717) is 38.9 Å². The summed E-state index contributed by atoms with van der Waals surface area (Å²) in [5, 5.41) is 0.669. The molecule has 3 aromatic rings. The smallest absolute Gasteiger partial charge is 0.325 e. The predicted octanol–water partition coefficient (Wildman–Crippen LogP) is 6.60. The van der Waals surface area contributed by atoms with Crippen LogP contribution in [0.4, 0.5) is 5.69 Å². The van der Waals surface area contributed by atoms with E-state index in [-0.39, 0.29) is 17.4 Å². The summed E-state index contributed by atoms with van der Waals surface area (Å²) in [5.74, 6) is 0.0387. The van der Waals surface area contributed by atoms with Gasteiger partial charge in [0.25, 0.3) is 5.91 Å². The van der Waals surface area contributed by atoms with E-state index in [0.717, 1.165) is 10.0 Å². The fraction of sp³-hybridized carbons (Fsp3) is 0.148. The highest BCUT2D eigenvalue weighted by molar-refractivity contribution is 9.10. The highest BCUT2D eigenvalue weighted by atomic mass is 79.9. The minimum absolute atomic E-state index is 0.148. The van der Waals surface area contributed by atoms with Crippen molar-refractivity contribution in [2.24, 2.45) is 0 Å². The molecule has 11 heteroatoms. The number of carbonyl (C=O) groups is 2. The Kier molecular flexibility index (Phi) is 9.09. The molecule has 0 N–H and O–H groups in total. The minimum atomic E-state index is -0.542. The predicted molar refractivity (Wildman–Crippen MR) is 157 cm³/mol. The van der Waals surface area contributed by atoms with E-state index in [9.17, 15) is 9.59 Å². The lowest BCUT2D eigenvalue weighted by Gasteiger charge is -2.19. The molecule has 1 saturated heterocycles. The molecule has 0 unspecified atom stereocenters. The number of thiocarbonyl (C=S) groups is 1. The standard InChI is InChI=1S/C27H21Br2ClN2O5S/c1-35-23-13-17(11-21(29)25(23)37-15-16-3-5-18(28)6-4-16)12-22-26(34)32(20-9-7-19(30)8-10-20)27(38)31(22)14-24(33)36-2/h3-13H,14-15H2,1-2H3/b22-12-. The van der Waals surface area contributed by atoms with Crippen LogP contribution in [0.1, 0.15) is 11.1 Å². The first kappa shape index (κ1) is 28.1. The third-order valence-electron chi connectivity index (χ3n) is 5.59. The molecule has 0 aromatic heterocycles. The number of hydrogen-bond acceptors (Lipinski definition) is 6. The van der Waals surface area contributed by atoms with Crippen molar-refractivity contribution in [3.63, 3.8) is 0 Å². The van der Waals surface area contributed by atoms with Crippen LogP contribution in [-0.4, -0.2) is 42.7 Å². The van der Waals surface area contributed by atoms with Crippen LogP contribution < -0.4 is 14.4 Å². The Morgan fingerprint density at radius 1 is 1.05 bits per heavy atom. The number of benzene rings is 3. The van der Waals surface area contributed by atoms with E-state index >= 15 is 0 Å². The average Bonchev–Trinajstić information content (AvgIpc) is 3.13. The maximum absolute atomic E-state index is 13.5. The maximum Gasteiger partial charge on any atom is 0.325 e. The van der Waals surface area contributed by atoms with E-state index in [1.54, 1.807) is 42.5 Å². The van der Waals surface area contributed by atoms with Gasteiger partial charge >= 0.3 is 5.97 Å². The summed E-state index contributed by atoms with van der Waals surface area (Å²) < 4.78 is 18.1. The number of halogens is 3. The number of rotatable bonds is 8. The molecule has 0 bridgehead atoms. The Morgan fingerprint density at radius 2 is 1.74 bits per heavy atom. The first-order valence-electron chi connectivity index (χ1n) is 11.2. The van der Waals surface area contributed by atoms with E-state index in [2.05, 4.69) is 31.9 Å². The largest absolute Gasteiger partial charge is 0.493 e. The van der Waals surface area contributed by atoms with Crippen LogP contribution >= 0.6 is 55.7 Å². The van der Waals surface area contributed by atoms with Gasteiger partial charge in [0.05, 0.1) is 24.4 Å². The molecule has 0 aliphatic carbocycles. The van der Waals surface area contributed by atoms with Crippen molar-refractivity contribution in [2.75, 3.05) is 25.7 Å². The Bertz CT molecular complexity index is 1410. The molecule has 1 aliphatic heterocycles. The molecule has 196 valence electrons. The van der Waals surface area contributed by atoms with Crippen LogP contribution in [0, 0.1) is 0 Å². The molecule has 7 nitrogen and oxygen atoms in total. The summed E-state index contributed by atoms with van der Waals surface area (Å²) in [6.07, 6.45) is 1.64. The highest BCUT2D eigenvalue weighted by Crippen LogP contribution is 2.39. The van der Waals surface area contributed by atoms with Gasteiger partial charge in [-0.2, -0.15) is 0 Å². The van der Waals surface area contributed by atoms with Crippen LogP contribution in [-0.2, 0) is 20.9 Å². The molecular formula is C27H21Br2ClN2O5S. The van der Waals surface area contributed by atoms with E-state index in [1.165, 1.54) is 24.0 Å². The van der Waals surface area contributed by atoms with Crippen molar-refractivity contribution >= 4 is 84.4 Å². The summed E-state index contributed by atoms with van der Waals surface area (Å²) in [7, 11) is 2.81. The number of hydrogen-bond donors (Lipinski definition) is 0. The first-order chi connectivity index (χ1) is 18.2. The zero-order valence-electron chi connectivity index (χ0n) is 20.2. The molecule has 1 amide bonds. The molecule has 0 spiro atoms. The van der Waals surface area contributed by atoms with Gasteiger partial charge in [0.2, 0.25) is 0 Å². The Morgan fingerprint density at radius 3 is 2.37 bits per heavy atom. The molecule has 1 aliphatic rings. The zero-order valence-corrected chi connectivity index (χ0v) is 25.0. The fourth-order valence-electron chi connectivity index (χ4n) is 3.70. The first-order valence-corrected chi connectivity index (χ1v) is 13.5. The second-order valence-electron chi connectivity index (χ2n) is 8.04. The van der Waals surface area contributed by atoms with Crippen molar-refractivity contribution < 1.29 is 23.8 Å². The van der Waals surface area contributed by atoms with Crippen LogP contribution in [0.5, 0.6) is 11.5 Å². The Hall–Kier alpha value is -2.92. The molecule has 1 fully saturated rings. The van der Waals surface area contributed by atoms with Crippen molar-refractivity contribution in [3.05, 3.63) is 91.5 Å². The topological polar surface area (TPSA) is 68.3 Å². The molecule has 38 heavy (non-hydrogen) atoms. The number of methoxy groups -OCH3 is 2. The van der Waals surface area contributed by atoms with Gasteiger partial charge < -0.3 is 19.1 Å². The lowest BCUT2D eigenvalue weighted by Crippen LogP contribution is -2.35. The zero-order chi connectivity index (χ0) is 27.4. The van der Waals surface area contributed by atoms with Crippen LogP contribution in [0.25, 0.3) is 6.08 Å². The number of esters is 1. The molecule has 4 rings (SSSR count). The van der Waals surface area contributed by atoms with Crippen molar-refractivity contribution in [2.45, 2.75) is 6.61 Å². The lowest BCUT2D eigenvalue weighted by atomic mass is 10.1. The SMILES string of the molecule is COC(=O)CN1C(=S)N(c2ccc(Cl)cc2)C(=O)/C1=C/c1cc(Br)c(OCc2ccc(Br)cc2)c(OC)c1. The summed E-state index contributed by atoms with van der Waals surface area (Å²) in [6.45, 7) is 0.0993. The van der Waals surface area contributed by atoms with E-state index in [1.807, 2.05) is 24.3 Å². The van der Waals surface area contributed by atoms with Crippen molar-refractivity contribution in [1.29, 1.82) is 0 Å². The third kappa shape index (κ3) is 6.20. The molecule has 1 heterocycles. The number of ether oxygens (including phenoxy) is 3. The van der Waals surface area contributed by atoms with Gasteiger partial charge in [0, 0.05) is 9.50 Å². The lowest BCUT2D eigenvalue weighted by molar-refractivity contribution is -0.140.